The summed E-state index contributed by atoms with van der Waals surface area (Å²) in [5.41, 5.74) is 0. The lowest BCUT2D eigenvalue weighted by molar-refractivity contribution is -0.146. The highest BCUT2D eigenvalue weighted by molar-refractivity contribution is 4.73. The van der Waals surface area contributed by atoms with Crippen molar-refractivity contribution < 1.29 is 79.8 Å². The van der Waals surface area contributed by atoms with Gasteiger partial charge in [0.2, 0.25) is 0 Å². The molecule has 60 heavy (non-hydrogen) atoms. The van der Waals surface area contributed by atoms with E-state index >= 15 is 0 Å². The molecule has 4 heterocycles. The zero-order valence-electron chi connectivity index (χ0n) is 39.0. The molecule has 4 aliphatic rings. The maximum atomic E-state index is 9.56. The summed E-state index contributed by atoms with van der Waals surface area (Å²) in [6.45, 7) is 25.1. The molecule has 0 aliphatic carbocycles. The van der Waals surface area contributed by atoms with Crippen LogP contribution in [0.3, 0.4) is 0 Å². The third-order valence-corrected chi connectivity index (χ3v) is 8.38. The quantitative estimate of drug-likeness (QED) is 0.109. The van der Waals surface area contributed by atoms with Crippen molar-refractivity contribution in [1.82, 2.24) is 14.7 Å². The van der Waals surface area contributed by atoms with Crippen molar-refractivity contribution in [1.29, 1.82) is 0 Å². The Morgan fingerprint density at radius 2 is 0.850 bits per heavy atom. The van der Waals surface area contributed by atoms with Crippen molar-refractivity contribution in [3.63, 3.8) is 0 Å². The van der Waals surface area contributed by atoms with Crippen LogP contribution in [0.25, 0.3) is 0 Å². The van der Waals surface area contributed by atoms with Crippen LogP contribution in [0.15, 0.2) is 0 Å². The number of rotatable bonds is 23. The van der Waals surface area contributed by atoms with Gasteiger partial charge in [0.15, 0.2) is 17.4 Å². The number of halogens is 1. The SMILES string of the molecule is C.CC(COCC(O)CO)CN(C)C.CC(COCC1COC(C)(C)O1)CN(C)C.CC1(C)OCC(COCC2CO2)O1.CN(C)CC(O)COCC1COC(C)(C)O1.[Cl-]. The monoisotopic (exact) mass is 895 g/mol. The van der Waals surface area contributed by atoms with Gasteiger partial charge in [-0.2, -0.15) is 0 Å². The van der Waals surface area contributed by atoms with E-state index in [9.17, 15) is 5.11 Å². The van der Waals surface area contributed by atoms with Crippen LogP contribution in [0.1, 0.15) is 62.8 Å². The molecule has 3 N–H and O–H groups in total. The molecule has 4 saturated heterocycles. The lowest BCUT2D eigenvalue weighted by Crippen LogP contribution is -3.00. The second kappa shape index (κ2) is 32.3. The average Bonchev–Trinajstić information content (AvgIpc) is 3.62. The molecule has 0 amide bonds. The predicted octanol–water partition coefficient (Wildman–Crippen LogP) is -0.824. The first kappa shape index (κ1) is 61.7. The second-order valence-electron chi connectivity index (χ2n) is 17.9. The van der Waals surface area contributed by atoms with E-state index in [0.717, 1.165) is 26.3 Å². The van der Waals surface area contributed by atoms with Crippen molar-refractivity contribution in [3.8, 4) is 0 Å². The van der Waals surface area contributed by atoms with Crippen LogP contribution >= 0.6 is 0 Å². The van der Waals surface area contributed by atoms with E-state index in [1.165, 1.54) is 0 Å². The summed E-state index contributed by atoms with van der Waals surface area (Å²) in [5, 5.41) is 27.0. The third kappa shape index (κ3) is 34.1. The van der Waals surface area contributed by atoms with Gasteiger partial charge in [0.25, 0.3) is 0 Å². The zero-order valence-corrected chi connectivity index (χ0v) is 39.7. The summed E-state index contributed by atoms with van der Waals surface area (Å²) in [6, 6.07) is 0. The highest BCUT2D eigenvalue weighted by atomic mass is 35.5. The molecule has 0 aromatic heterocycles. The molecule has 0 aromatic carbocycles. The molecule has 4 aliphatic heterocycles. The molecule has 8 atom stereocenters. The fourth-order valence-corrected chi connectivity index (χ4v) is 6.05. The third-order valence-electron chi connectivity index (χ3n) is 8.38. The van der Waals surface area contributed by atoms with Crippen LogP contribution < -0.4 is 12.4 Å². The van der Waals surface area contributed by atoms with Crippen LogP contribution in [0.4, 0.5) is 0 Å². The van der Waals surface area contributed by atoms with Gasteiger partial charge in [0.1, 0.15) is 30.5 Å². The van der Waals surface area contributed by atoms with Crippen LogP contribution in [0.2, 0.25) is 0 Å². The van der Waals surface area contributed by atoms with Crippen LogP contribution in [0, 0.1) is 11.8 Å². The predicted molar refractivity (Wildman–Crippen MR) is 228 cm³/mol. The smallest absolute Gasteiger partial charge is 0.163 e. The van der Waals surface area contributed by atoms with Crippen molar-refractivity contribution in [2.75, 3.05) is 148 Å². The molecule has 8 unspecified atom stereocenters. The first-order valence-electron chi connectivity index (χ1n) is 20.8. The van der Waals surface area contributed by atoms with Gasteiger partial charge in [-0.05, 0) is 95.7 Å². The molecule has 0 spiro atoms. The number of hydrogen-bond acceptors (Lipinski definition) is 17. The maximum absolute atomic E-state index is 9.56. The van der Waals surface area contributed by atoms with Gasteiger partial charge in [0, 0.05) is 19.6 Å². The van der Waals surface area contributed by atoms with Crippen LogP contribution in [0.5, 0.6) is 0 Å². The minimum absolute atomic E-state index is 0. The summed E-state index contributed by atoms with van der Waals surface area (Å²) in [4.78, 5) is 6.19. The number of epoxide rings is 1. The standard InChI is InChI=1S/C12H25NO3.C11H23NO4.C9H21NO3.C9H16O4.CH4.ClH/c1-10(6-13(4)5)7-14-8-11-9-15-12(2,3)16-11;1-11(2)15-8-10(16-11)7-14-6-9(13)5-12(3)4;1-8(4-10(2)3)6-13-7-9(12)5-11;1-9(2)12-6-8(13-9)4-10-3-7-5-11-7;;/h10-11H,6-9H2,1-5H3;9-10,13H,5-8H2,1-4H3;8-9,11-12H,4-7H2,1-3H3;7-8H,3-6H2,1-2H3;1H4;1H/p-1. The topological polar surface area (TPSA) is 175 Å². The maximum Gasteiger partial charge on any atom is 0.163 e. The van der Waals surface area contributed by atoms with Gasteiger partial charge in [0.05, 0.1) is 92.0 Å². The molecule has 17 nitrogen and oxygen atoms in total. The summed E-state index contributed by atoms with van der Waals surface area (Å²) in [7, 11) is 12.0. The molecular formula is C42H89ClN3O14-. The van der Waals surface area contributed by atoms with E-state index in [1.807, 2.05) is 74.6 Å². The average molecular weight is 896 g/mol. The Morgan fingerprint density at radius 1 is 0.517 bits per heavy atom. The second-order valence-corrected chi connectivity index (χ2v) is 17.9. The Hall–Kier alpha value is -0.390. The Labute approximate surface area is 370 Å². The molecule has 18 heteroatoms. The van der Waals surface area contributed by atoms with Crippen molar-refractivity contribution in [3.05, 3.63) is 0 Å². The molecule has 0 bridgehead atoms. The lowest BCUT2D eigenvalue weighted by Gasteiger charge is -2.19. The number of hydrogen-bond donors (Lipinski definition) is 3. The molecule has 364 valence electrons. The van der Waals surface area contributed by atoms with Crippen LogP contribution in [-0.4, -0.2) is 232 Å². The summed E-state index contributed by atoms with van der Waals surface area (Å²) >= 11 is 0. The summed E-state index contributed by atoms with van der Waals surface area (Å²) in [6.07, 6.45) is -0.732. The molecule has 4 rings (SSSR count). The largest absolute Gasteiger partial charge is 1.00 e. The van der Waals surface area contributed by atoms with E-state index in [1.54, 1.807) is 0 Å². The van der Waals surface area contributed by atoms with E-state index in [4.69, 9.17) is 62.3 Å². The van der Waals surface area contributed by atoms with Crippen LogP contribution in [-0.2, 0) is 52.1 Å². The molecule has 0 aromatic rings. The first-order valence-corrected chi connectivity index (χ1v) is 20.8. The fourth-order valence-electron chi connectivity index (χ4n) is 6.05. The van der Waals surface area contributed by atoms with Crippen molar-refractivity contribution >= 4 is 0 Å². The van der Waals surface area contributed by atoms with Gasteiger partial charge in [-0.15, -0.1) is 0 Å². The van der Waals surface area contributed by atoms with Gasteiger partial charge in [-0.1, -0.05) is 21.3 Å². The van der Waals surface area contributed by atoms with E-state index < -0.39 is 29.6 Å². The Bertz CT molecular complexity index is 984. The van der Waals surface area contributed by atoms with Gasteiger partial charge >= 0.3 is 0 Å². The van der Waals surface area contributed by atoms with Gasteiger partial charge in [-0.3, -0.25) is 0 Å². The normalized spacial score (nSPS) is 25.4. The Morgan fingerprint density at radius 3 is 1.18 bits per heavy atom. The number of ether oxygens (including phenoxy) is 11. The Kier molecular flexibility index (Phi) is 33.2. The fraction of sp³-hybridized carbons (Fsp3) is 1.00. The van der Waals surface area contributed by atoms with Crippen molar-refractivity contribution in [2.24, 2.45) is 11.8 Å². The van der Waals surface area contributed by atoms with E-state index in [2.05, 4.69) is 37.7 Å². The number of likely N-dealkylation sites (N-methyl/N-ethyl adjacent to an activating group) is 1. The van der Waals surface area contributed by atoms with Gasteiger partial charge in [-0.25, -0.2) is 0 Å². The highest BCUT2D eigenvalue weighted by Crippen LogP contribution is 2.24. The summed E-state index contributed by atoms with van der Waals surface area (Å²) < 4.78 is 59.7. The highest BCUT2D eigenvalue weighted by Gasteiger charge is 2.35. The van der Waals surface area contributed by atoms with Crippen molar-refractivity contribution in [2.45, 2.75) is 117 Å². The number of nitrogens with zero attached hydrogens (tertiary/aromatic N) is 3. The molecule has 0 saturated carbocycles. The number of aliphatic hydroxyl groups excluding tert-OH is 3. The zero-order chi connectivity index (χ0) is 43.9. The molecule has 0 radical (unpaired) electrons. The van der Waals surface area contributed by atoms with E-state index in [-0.39, 0.29) is 51.4 Å². The summed E-state index contributed by atoms with van der Waals surface area (Å²) in [5.74, 6) is -0.393. The van der Waals surface area contributed by atoms with E-state index in [0.29, 0.717) is 83.9 Å². The lowest BCUT2D eigenvalue weighted by atomic mass is 10.2. The first-order chi connectivity index (χ1) is 27.0. The Balaban J connectivity index is 0. The molecular weight excluding hydrogens is 806 g/mol. The van der Waals surface area contributed by atoms with Gasteiger partial charge < -0.3 is 94.5 Å². The minimum Gasteiger partial charge on any atom is -1.00 e. The molecule has 4 fully saturated rings. The number of aliphatic hydroxyl groups is 3. The minimum atomic E-state index is -0.744.